The second kappa shape index (κ2) is 9.21. The number of nitrogens with one attached hydrogen (secondary N) is 2. The van der Waals surface area contributed by atoms with Gasteiger partial charge in [-0.05, 0) is 42.5 Å². The van der Waals surface area contributed by atoms with Crippen LogP contribution in [0.4, 0.5) is 5.69 Å². The van der Waals surface area contributed by atoms with Crippen LogP contribution in [0.25, 0.3) is 31.1 Å². The van der Waals surface area contributed by atoms with Gasteiger partial charge in [-0.25, -0.2) is 13.4 Å². The van der Waals surface area contributed by atoms with Crippen LogP contribution in [-0.4, -0.2) is 31.4 Å². The van der Waals surface area contributed by atoms with Gasteiger partial charge in [0.05, 0.1) is 34.3 Å². The van der Waals surface area contributed by atoms with Crippen LogP contribution in [0.15, 0.2) is 65.8 Å². The Kier molecular flexibility index (Phi) is 5.83. The number of carbonyl (C=O) groups excluding carboxylic acids is 1. The topological polar surface area (TPSA) is 134 Å². The molecular formula is C26H17N5O4S3. The summed E-state index contributed by atoms with van der Waals surface area (Å²) in [6.45, 7) is 0.248. The summed E-state index contributed by atoms with van der Waals surface area (Å²) >= 11 is 2.91. The third-order valence-electron chi connectivity index (χ3n) is 5.97. The quantitative estimate of drug-likeness (QED) is 0.295. The zero-order valence-electron chi connectivity index (χ0n) is 19.7. The Balaban J connectivity index is 1.59. The minimum absolute atomic E-state index is 0.0723. The highest BCUT2D eigenvalue weighted by molar-refractivity contribution is 7.92. The minimum Gasteiger partial charge on any atom is -0.480 e. The average Bonchev–Trinajstić information content (AvgIpc) is 3.58. The van der Waals surface area contributed by atoms with Crippen molar-refractivity contribution in [2.24, 2.45) is 0 Å². The van der Waals surface area contributed by atoms with Crippen LogP contribution in [0, 0.1) is 11.3 Å². The first-order valence-electron chi connectivity index (χ1n) is 11.2. The monoisotopic (exact) mass is 559 g/mol. The number of nitrogens with zero attached hydrogens (tertiary/aromatic N) is 3. The van der Waals surface area contributed by atoms with Crippen molar-refractivity contribution in [2.75, 3.05) is 11.8 Å². The van der Waals surface area contributed by atoms with Crippen LogP contribution in [-0.2, 0) is 16.6 Å². The lowest BCUT2D eigenvalue weighted by Gasteiger charge is -2.13. The van der Waals surface area contributed by atoms with Gasteiger partial charge in [-0.15, -0.1) is 22.7 Å². The van der Waals surface area contributed by atoms with Crippen molar-refractivity contribution in [3.63, 3.8) is 0 Å². The summed E-state index contributed by atoms with van der Waals surface area (Å²) in [6.07, 6.45) is 3.15. The Bertz CT molecular complexity index is 1900. The fraction of sp³-hybridized carbons (Fsp3) is 0.0769. The Hall–Kier alpha value is -4.31. The van der Waals surface area contributed by atoms with Crippen LogP contribution in [0.1, 0.15) is 20.8 Å². The molecular weight excluding hydrogens is 543 g/mol. The van der Waals surface area contributed by atoms with E-state index in [2.05, 4.69) is 26.1 Å². The van der Waals surface area contributed by atoms with Crippen molar-refractivity contribution in [2.45, 2.75) is 11.4 Å². The Morgan fingerprint density at radius 2 is 1.89 bits per heavy atom. The number of ether oxygens (including phenoxy) is 1. The number of hydrogen-bond acceptors (Lipinski definition) is 9. The van der Waals surface area contributed by atoms with E-state index in [0.29, 0.717) is 16.6 Å². The van der Waals surface area contributed by atoms with Gasteiger partial charge in [-0.1, -0.05) is 6.07 Å². The Morgan fingerprint density at radius 1 is 1.03 bits per heavy atom. The first-order chi connectivity index (χ1) is 18.4. The van der Waals surface area contributed by atoms with E-state index in [9.17, 15) is 18.5 Å². The summed E-state index contributed by atoms with van der Waals surface area (Å²) in [5.74, 6) is -0.315. The maximum absolute atomic E-state index is 13.3. The highest BCUT2D eigenvalue weighted by atomic mass is 32.2. The average molecular weight is 560 g/mol. The predicted molar refractivity (Wildman–Crippen MR) is 146 cm³/mol. The smallest absolute Gasteiger partial charge is 0.262 e. The lowest BCUT2D eigenvalue weighted by Crippen LogP contribution is -2.23. The lowest BCUT2D eigenvalue weighted by molar-refractivity contribution is 0.0951. The molecule has 1 amide bonds. The zero-order valence-corrected chi connectivity index (χ0v) is 22.1. The number of hydrogen-bond donors (Lipinski definition) is 2. The third kappa shape index (κ3) is 4.16. The molecule has 5 heterocycles. The minimum atomic E-state index is -4.08. The highest BCUT2D eigenvalue weighted by Crippen LogP contribution is 2.43. The molecule has 1 aliphatic heterocycles. The van der Waals surface area contributed by atoms with Crippen LogP contribution in [0.2, 0.25) is 0 Å². The molecule has 38 heavy (non-hydrogen) atoms. The van der Waals surface area contributed by atoms with Crippen molar-refractivity contribution >= 4 is 54.5 Å². The second-order valence-electron chi connectivity index (χ2n) is 8.35. The van der Waals surface area contributed by atoms with Crippen molar-refractivity contribution in [1.29, 1.82) is 5.26 Å². The van der Waals surface area contributed by atoms with Crippen LogP contribution in [0.3, 0.4) is 0 Å². The largest absolute Gasteiger partial charge is 0.480 e. The van der Waals surface area contributed by atoms with E-state index in [0.717, 1.165) is 24.9 Å². The molecule has 188 valence electrons. The van der Waals surface area contributed by atoms with Gasteiger partial charge in [0, 0.05) is 43.7 Å². The number of sulfonamides is 1. The van der Waals surface area contributed by atoms with Gasteiger partial charge in [-0.3, -0.25) is 14.5 Å². The van der Waals surface area contributed by atoms with Gasteiger partial charge < -0.3 is 10.1 Å². The normalized spacial score (nSPS) is 14.2. The molecule has 0 atom stereocenters. The van der Waals surface area contributed by atoms with E-state index < -0.39 is 15.9 Å². The van der Waals surface area contributed by atoms with Crippen LogP contribution >= 0.6 is 22.7 Å². The summed E-state index contributed by atoms with van der Waals surface area (Å²) in [5.41, 5.74) is 2.92. The molecule has 8 bridgehead atoms. The molecule has 0 spiro atoms. The fourth-order valence-electron chi connectivity index (χ4n) is 4.16. The number of pyridine rings is 2. The molecule has 0 fully saturated rings. The van der Waals surface area contributed by atoms with E-state index in [4.69, 9.17) is 4.74 Å². The van der Waals surface area contributed by atoms with E-state index in [-0.39, 0.29) is 28.6 Å². The summed E-state index contributed by atoms with van der Waals surface area (Å²) in [7, 11) is -2.68. The summed E-state index contributed by atoms with van der Waals surface area (Å²) in [4.78, 5) is 24.2. The number of rotatable bonds is 1. The number of anilines is 1. The highest BCUT2D eigenvalue weighted by Gasteiger charge is 2.22. The summed E-state index contributed by atoms with van der Waals surface area (Å²) in [5, 5.41) is 12.7. The maximum Gasteiger partial charge on any atom is 0.262 e. The first kappa shape index (κ1) is 24.1. The predicted octanol–water partition coefficient (Wildman–Crippen LogP) is 5.01. The first-order valence-corrected chi connectivity index (χ1v) is 14.3. The SMILES string of the molecule is COc1ncc2cc1NS(=O)(=O)c1cccc(c1)C(=O)NCc1ccc(s1)-c1c(C#N)cnc3cc-2sc13. The number of aromatic nitrogens is 2. The molecule has 0 saturated carbocycles. The number of carbonyl (C=O) groups is 1. The van der Waals surface area contributed by atoms with Gasteiger partial charge in [0.25, 0.3) is 15.9 Å². The molecule has 2 N–H and O–H groups in total. The summed E-state index contributed by atoms with van der Waals surface area (Å²) in [6, 6.07) is 15.4. The van der Waals surface area contributed by atoms with Crippen LogP contribution < -0.4 is 14.8 Å². The number of methoxy groups -OCH3 is 1. The molecule has 6 rings (SSSR count). The molecule has 0 unspecified atom stereocenters. The fourth-order valence-corrected chi connectivity index (χ4v) is 7.49. The number of thiophene rings is 2. The van der Waals surface area contributed by atoms with Crippen molar-refractivity contribution in [3.8, 4) is 32.8 Å². The number of fused-ring (bicyclic) bond motifs is 9. The van der Waals surface area contributed by atoms with Crippen molar-refractivity contribution in [3.05, 3.63) is 76.9 Å². The number of nitriles is 1. The van der Waals surface area contributed by atoms with Gasteiger partial charge in [0.2, 0.25) is 5.88 Å². The van der Waals surface area contributed by atoms with Crippen molar-refractivity contribution < 1.29 is 17.9 Å². The maximum atomic E-state index is 13.3. The third-order valence-corrected chi connectivity index (χ3v) is 9.63. The molecule has 0 saturated heterocycles. The summed E-state index contributed by atoms with van der Waals surface area (Å²) < 4.78 is 35.3. The van der Waals surface area contributed by atoms with E-state index in [1.54, 1.807) is 24.5 Å². The molecule has 1 aromatic carbocycles. The van der Waals surface area contributed by atoms with E-state index in [1.807, 2.05) is 18.2 Å². The lowest BCUT2D eigenvalue weighted by atomic mass is 10.1. The van der Waals surface area contributed by atoms with Crippen LogP contribution in [0.5, 0.6) is 5.88 Å². The molecule has 5 aromatic rings. The zero-order chi connectivity index (χ0) is 26.4. The van der Waals surface area contributed by atoms with Gasteiger partial charge in [-0.2, -0.15) is 5.26 Å². The number of benzene rings is 1. The number of amides is 1. The van der Waals surface area contributed by atoms with Gasteiger partial charge in [0.1, 0.15) is 11.8 Å². The van der Waals surface area contributed by atoms with E-state index >= 15 is 0 Å². The standard InChI is InChI=1S/C26H17N5O4S3/c1-35-26-20-8-15(11-30-26)22-9-19-24(37-22)23(16(10-27)12-28-19)21-6-5-17(36-21)13-29-25(32)14-3-2-4-18(7-14)38(33,34)31-20/h2-9,11-12,31H,13H2,1H3,(H,29,32). The molecule has 12 heteroatoms. The van der Waals surface area contributed by atoms with Gasteiger partial charge in [0.15, 0.2) is 0 Å². The molecule has 1 aliphatic rings. The Morgan fingerprint density at radius 3 is 2.71 bits per heavy atom. The second-order valence-corrected chi connectivity index (χ2v) is 12.2. The van der Waals surface area contributed by atoms with Crippen molar-refractivity contribution in [1.82, 2.24) is 15.3 Å². The van der Waals surface area contributed by atoms with E-state index in [1.165, 1.54) is 48.0 Å². The molecule has 0 radical (unpaired) electrons. The Labute approximate surface area is 225 Å². The molecule has 9 nitrogen and oxygen atoms in total. The molecule has 0 aliphatic carbocycles. The molecule has 4 aromatic heterocycles. The van der Waals surface area contributed by atoms with Gasteiger partial charge >= 0.3 is 0 Å².